The molecule has 0 aromatic carbocycles. The molecule has 1 aliphatic rings. The molecule has 1 saturated heterocycles. The molecule has 3 aromatic rings. The molecule has 1 aliphatic heterocycles. The number of nitrogens with zero attached hydrogens (tertiary/aromatic N) is 2. The van der Waals surface area contributed by atoms with Crippen LogP contribution in [0.15, 0.2) is 35.8 Å². The van der Waals surface area contributed by atoms with Gasteiger partial charge in [-0.2, -0.15) is 0 Å². The number of aromatic amines is 1. The highest BCUT2D eigenvalue weighted by Gasteiger charge is 2.37. The number of amides is 2. The van der Waals surface area contributed by atoms with Crippen molar-refractivity contribution in [3.63, 3.8) is 0 Å². The number of rotatable bonds is 6. The van der Waals surface area contributed by atoms with Gasteiger partial charge in [0.15, 0.2) is 0 Å². The lowest BCUT2D eigenvalue weighted by Gasteiger charge is -2.30. The first-order chi connectivity index (χ1) is 15.0. The van der Waals surface area contributed by atoms with E-state index in [9.17, 15) is 9.59 Å². The van der Waals surface area contributed by atoms with Crippen molar-refractivity contribution in [3.05, 3.63) is 41.7 Å². The van der Waals surface area contributed by atoms with E-state index in [0.717, 1.165) is 29.2 Å². The lowest BCUT2D eigenvalue weighted by atomic mass is 10.0. The number of alkyl carbamates (subject to hydrolysis) is 1. The van der Waals surface area contributed by atoms with E-state index in [4.69, 9.17) is 4.74 Å². The topological polar surface area (TPSA) is 87.3 Å². The number of hydrogen-bond acceptors (Lipinski definition) is 6. The van der Waals surface area contributed by atoms with Crippen molar-refractivity contribution in [2.45, 2.75) is 38.8 Å². The number of hydrogen-bond donors (Lipinski definition) is 2. The van der Waals surface area contributed by atoms with Gasteiger partial charge >= 0.3 is 6.09 Å². The van der Waals surface area contributed by atoms with Gasteiger partial charge < -0.3 is 19.9 Å². The normalized spacial score (nSPS) is 17.2. The summed E-state index contributed by atoms with van der Waals surface area (Å²) in [7, 11) is 1.30. The first kappa shape index (κ1) is 21.6. The molecule has 164 valence electrons. The molecule has 2 N–H and O–H groups in total. The number of carbonyl (C=O) groups is 2. The lowest BCUT2D eigenvalue weighted by Crippen LogP contribution is -2.51. The number of imidazole rings is 1. The van der Waals surface area contributed by atoms with Crippen molar-refractivity contribution in [2.24, 2.45) is 5.92 Å². The average molecular weight is 459 g/mol. The van der Waals surface area contributed by atoms with Crippen LogP contribution in [0.2, 0.25) is 0 Å². The molecular formula is C22H26N4O3S2. The highest BCUT2D eigenvalue weighted by molar-refractivity contribution is 7.23. The second-order valence-corrected chi connectivity index (χ2v) is 9.90. The largest absolute Gasteiger partial charge is 0.453 e. The second-order valence-electron chi connectivity index (χ2n) is 7.87. The molecule has 0 radical (unpaired) electrons. The van der Waals surface area contributed by atoms with Crippen LogP contribution in [0.5, 0.6) is 0 Å². The average Bonchev–Trinajstić information content (AvgIpc) is 3.56. The number of methoxy groups -OCH3 is 1. The van der Waals surface area contributed by atoms with Crippen LogP contribution in [-0.2, 0) is 9.53 Å². The zero-order chi connectivity index (χ0) is 22.0. The van der Waals surface area contributed by atoms with Crippen molar-refractivity contribution in [1.82, 2.24) is 20.2 Å². The van der Waals surface area contributed by atoms with Crippen LogP contribution in [0.4, 0.5) is 4.79 Å². The molecule has 3 aromatic heterocycles. The molecule has 0 unspecified atom stereocenters. The fourth-order valence-electron chi connectivity index (χ4n) is 3.86. The minimum atomic E-state index is -0.631. The van der Waals surface area contributed by atoms with E-state index in [-0.39, 0.29) is 17.9 Å². The maximum Gasteiger partial charge on any atom is 0.407 e. The van der Waals surface area contributed by atoms with Gasteiger partial charge in [-0.05, 0) is 42.3 Å². The summed E-state index contributed by atoms with van der Waals surface area (Å²) in [5, 5.41) is 4.76. The van der Waals surface area contributed by atoms with E-state index in [2.05, 4.69) is 44.9 Å². The van der Waals surface area contributed by atoms with Gasteiger partial charge in [0.05, 0.1) is 29.9 Å². The minimum Gasteiger partial charge on any atom is -0.453 e. The molecule has 2 amide bonds. The third-order valence-corrected chi connectivity index (χ3v) is 7.66. The van der Waals surface area contributed by atoms with E-state index < -0.39 is 12.1 Å². The predicted molar refractivity (Wildman–Crippen MR) is 123 cm³/mol. The molecule has 7 nitrogen and oxygen atoms in total. The highest BCUT2D eigenvalue weighted by atomic mass is 32.1. The molecule has 0 saturated carbocycles. The van der Waals surface area contributed by atoms with Crippen LogP contribution in [0.1, 0.15) is 38.6 Å². The van der Waals surface area contributed by atoms with Crippen LogP contribution in [0.3, 0.4) is 0 Å². The molecule has 4 heterocycles. The lowest BCUT2D eigenvalue weighted by molar-refractivity contribution is -0.135. The quantitative estimate of drug-likeness (QED) is 0.549. The smallest absolute Gasteiger partial charge is 0.407 e. The van der Waals surface area contributed by atoms with E-state index >= 15 is 0 Å². The zero-order valence-corrected chi connectivity index (χ0v) is 19.4. The van der Waals surface area contributed by atoms with Gasteiger partial charge in [-0.15, -0.1) is 22.7 Å². The monoisotopic (exact) mass is 458 g/mol. The summed E-state index contributed by atoms with van der Waals surface area (Å²) in [5.41, 5.74) is 0.954. The van der Waals surface area contributed by atoms with Crippen LogP contribution in [0, 0.1) is 5.92 Å². The molecule has 1 fully saturated rings. The summed E-state index contributed by atoms with van der Waals surface area (Å²) >= 11 is 3.45. The molecule has 2 atom stereocenters. The van der Waals surface area contributed by atoms with E-state index in [1.54, 1.807) is 22.7 Å². The number of aromatic nitrogens is 2. The van der Waals surface area contributed by atoms with Gasteiger partial charge in [-0.1, -0.05) is 19.9 Å². The Morgan fingerprint density at radius 2 is 2.06 bits per heavy atom. The van der Waals surface area contributed by atoms with Crippen molar-refractivity contribution < 1.29 is 14.3 Å². The molecule has 31 heavy (non-hydrogen) atoms. The Kier molecular flexibility index (Phi) is 6.43. The number of nitrogens with one attached hydrogen (secondary N) is 2. The third kappa shape index (κ3) is 4.52. The van der Waals surface area contributed by atoms with Gasteiger partial charge in [-0.25, -0.2) is 9.78 Å². The molecule has 0 bridgehead atoms. The number of likely N-dealkylation sites (tertiary alicyclic amines) is 1. The maximum atomic E-state index is 13.3. The third-order valence-electron chi connectivity index (χ3n) is 5.47. The summed E-state index contributed by atoms with van der Waals surface area (Å²) in [6.45, 7) is 4.47. The molecule has 0 spiro atoms. The van der Waals surface area contributed by atoms with E-state index in [1.165, 1.54) is 16.9 Å². The summed E-state index contributed by atoms with van der Waals surface area (Å²) in [6, 6.07) is 7.65. The van der Waals surface area contributed by atoms with Gasteiger partial charge in [-0.3, -0.25) is 4.79 Å². The van der Waals surface area contributed by atoms with Crippen molar-refractivity contribution in [3.8, 4) is 20.3 Å². The van der Waals surface area contributed by atoms with Crippen molar-refractivity contribution in [1.29, 1.82) is 0 Å². The first-order valence-corrected chi connectivity index (χ1v) is 12.0. The Balaban J connectivity index is 1.52. The number of thiophene rings is 2. The zero-order valence-electron chi connectivity index (χ0n) is 17.8. The predicted octanol–water partition coefficient (Wildman–Crippen LogP) is 4.91. The van der Waals surface area contributed by atoms with Gasteiger partial charge in [0.25, 0.3) is 0 Å². The minimum absolute atomic E-state index is 0.0539. The molecule has 9 heteroatoms. The van der Waals surface area contributed by atoms with E-state index in [1.807, 2.05) is 24.9 Å². The Morgan fingerprint density at radius 3 is 2.77 bits per heavy atom. The SMILES string of the molecule is COC(=O)N[C@H](C(=O)N1CCC[C@H]1c1ncc(-c2ccc(-c3cccs3)s2)[nH]1)C(C)C. The Hall–Kier alpha value is -2.65. The Labute approximate surface area is 189 Å². The molecular weight excluding hydrogens is 432 g/mol. The van der Waals surface area contributed by atoms with Crippen LogP contribution < -0.4 is 5.32 Å². The molecule has 4 rings (SSSR count). The standard InChI is InChI=1S/C22H26N4O3S2/c1-13(2)19(25-22(28)29-3)21(27)26-10-4-6-15(26)20-23-12-14(24-20)16-8-9-18(31-16)17-7-5-11-30-17/h5,7-9,11-13,15,19H,4,6,10H2,1-3H3,(H,23,24)(H,25,28)/t15-,19-/m0/s1. The van der Waals surface area contributed by atoms with E-state index in [0.29, 0.717) is 6.54 Å². The number of H-pyrrole nitrogens is 1. The number of carbonyl (C=O) groups excluding carboxylic acids is 2. The van der Waals surface area contributed by atoms with Crippen LogP contribution in [-0.4, -0.2) is 46.6 Å². The fraction of sp³-hybridized carbons (Fsp3) is 0.409. The number of ether oxygens (including phenoxy) is 1. The van der Waals surface area contributed by atoms with Crippen LogP contribution >= 0.6 is 22.7 Å². The van der Waals surface area contributed by atoms with Crippen molar-refractivity contribution >= 4 is 34.7 Å². The second kappa shape index (κ2) is 9.23. The Morgan fingerprint density at radius 1 is 1.26 bits per heavy atom. The fourth-order valence-corrected chi connectivity index (χ4v) is 5.66. The van der Waals surface area contributed by atoms with Gasteiger partial charge in [0, 0.05) is 16.3 Å². The van der Waals surface area contributed by atoms with Crippen molar-refractivity contribution in [2.75, 3.05) is 13.7 Å². The summed E-state index contributed by atoms with van der Waals surface area (Å²) in [6.07, 6.45) is 2.98. The highest BCUT2D eigenvalue weighted by Crippen LogP contribution is 2.37. The van der Waals surface area contributed by atoms with Gasteiger partial charge in [0.1, 0.15) is 11.9 Å². The summed E-state index contributed by atoms with van der Waals surface area (Å²) < 4.78 is 4.70. The van der Waals surface area contributed by atoms with Crippen LogP contribution in [0.25, 0.3) is 20.3 Å². The van der Waals surface area contributed by atoms with Gasteiger partial charge in [0.2, 0.25) is 5.91 Å². The maximum absolute atomic E-state index is 13.3. The Bertz CT molecular complexity index is 1040. The molecule has 0 aliphatic carbocycles. The summed E-state index contributed by atoms with van der Waals surface area (Å²) in [5.74, 6) is 0.631. The summed E-state index contributed by atoms with van der Waals surface area (Å²) in [4.78, 5) is 38.4. The first-order valence-electron chi connectivity index (χ1n) is 10.3.